The number of nitrogens with one attached hydrogen (secondary N) is 3. The first kappa shape index (κ1) is 35.9. The van der Waals surface area contributed by atoms with Crippen LogP contribution in [-0.2, 0) is 30.4 Å². The van der Waals surface area contributed by atoms with E-state index >= 15 is 0 Å². The Morgan fingerprint density at radius 3 is 1.72 bits per heavy atom. The lowest BCUT2D eigenvalue weighted by Gasteiger charge is -2.25. The molecular weight excluding hydrogens is 568 g/mol. The second-order valence-electron chi connectivity index (χ2n) is 9.49. The Labute approximate surface area is 247 Å². The van der Waals surface area contributed by atoms with E-state index in [0.717, 1.165) is 0 Å². The van der Waals surface area contributed by atoms with Crippen molar-refractivity contribution in [2.75, 3.05) is 13.1 Å². The first-order chi connectivity index (χ1) is 20.2. The lowest BCUT2D eigenvalue weighted by Crippen LogP contribution is -2.57. The number of amides is 3. The molecule has 0 saturated heterocycles. The van der Waals surface area contributed by atoms with E-state index in [-0.39, 0.29) is 56.4 Å². The zero-order valence-corrected chi connectivity index (χ0v) is 23.4. The second kappa shape index (κ2) is 18.3. The summed E-state index contributed by atoms with van der Waals surface area (Å²) in [5, 5.41) is 35.1. The lowest BCUT2D eigenvalue weighted by molar-refractivity contribution is -0.147. The van der Waals surface area contributed by atoms with E-state index in [1.54, 1.807) is 0 Å². The third-order valence-electron chi connectivity index (χ3n) is 5.89. The minimum Gasteiger partial charge on any atom is -0.508 e. The maximum Gasteiger partial charge on any atom is 0.326 e. The number of rotatable bonds is 19. The number of guanidine groups is 2. The third-order valence-corrected chi connectivity index (χ3v) is 5.89. The second-order valence-corrected chi connectivity index (χ2v) is 9.49. The third kappa shape index (κ3) is 14.9. The average Bonchev–Trinajstić information content (AvgIpc) is 2.92. The zero-order chi connectivity index (χ0) is 32.5. The van der Waals surface area contributed by atoms with Crippen LogP contribution in [0.5, 0.6) is 5.75 Å². The minimum atomic E-state index is -1.78. The molecule has 1 aromatic rings. The summed E-state index contributed by atoms with van der Waals surface area (Å²) in [5.41, 5.74) is 27.7. The van der Waals surface area contributed by atoms with Gasteiger partial charge in [-0.05, 0) is 43.4 Å². The van der Waals surface area contributed by atoms with Gasteiger partial charge in [-0.3, -0.25) is 29.2 Å². The molecule has 238 valence electrons. The Morgan fingerprint density at radius 2 is 1.21 bits per heavy atom. The van der Waals surface area contributed by atoms with Crippen molar-refractivity contribution in [3.8, 4) is 5.75 Å². The van der Waals surface area contributed by atoms with Crippen LogP contribution in [0.2, 0.25) is 0 Å². The molecule has 0 aromatic heterocycles. The molecule has 18 heteroatoms. The molecule has 0 bridgehead atoms. The summed E-state index contributed by atoms with van der Waals surface area (Å²) in [6, 6.07) is 0.220. The van der Waals surface area contributed by atoms with E-state index in [1.807, 2.05) is 0 Å². The van der Waals surface area contributed by atoms with E-state index in [0.29, 0.717) is 12.0 Å². The maximum absolute atomic E-state index is 13.4. The normalized spacial score (nSPS) is 13.3. The lowest BCUT2D eigenvalue weighted by atomic mass is 10.0. The summed E-state index contributed by atoms with van der Waals surface area (Å²) in [5.74, 6) is -5.87. The van der Waals surface area contributed by atoms with Crippen molar-refractivity contribution < 1.29 is 39.3 Å². The largest absolute Gasteiger partial charge is 0.508 e. The van der Waals surface area contributed by atoms with Crippen LogP contribution in [0.1, 0.15) is 37.7 Å². The predicted molar refractivity (Wildman–Crippen MR) is 155 cm³/mol. The molecule has 4 atom stereocenters. The molecule has 0 aliphatic carbocycles. The van der Waals surface area contributed by atoms with Crippen molar-refractivity contribution in [1.29, 1.82) is 0 Å². The first-order valence-corrected chi connectivity index (χ1v) is 13.2. The summed E-state index contributed by atoms with van der Waals surface area (Å²) in [4.78, 5) is 69.6. The van der Waals surface area contributed by atoms with Crippen LogP contribution in [0.15, 0.2) is 34.3 Å². The van der Waals surface area contributed by atoms with Crippen molar-refractivity contribution in [2.45, 2.75) is 62.7 Å². The smallest absolute Gasteiger partial charge is 0.326 e. The van der Waals surface area contributed by atoms with Crippen molar-refractivity contribution >= 4 is 41.6 Å². The Hall–Kier alpha value is -5.13. The minimum absolute atomic E-state index is 0.0272. The van der Waals surface area contributed by atoms with Crippen molar-refractivity contribution in [3.05, 3.63) is 29.8 Å². The van der Waals surface area contributed by atoms with Crippen molar-refractivity contribution in [3.63, 3.8) is 0 Å². The number of carbonyl (C=O) groups is 5. The number of aliphatic imine (C=N–C) groups is 2. The van der Waals surface area contributed by atoms with Gasteiger partial charge in [0, 0.05) is 19.5 Å². The van der Waals surface area contributed by atoms with Gasteiger partial charge in [-0.2, -0.15) is 0 Å². The van der Waals surface area contributed by atoms with Gasteiger partial charge in [0.15, 0.2) is 11.9 Å². The predicted octanol–water partition coefficient (Wildman–Crippen LogP) is -3.62. The fourth-order valence-electron chi connectivity index (χ4n) is 3.70. The quantitative estimate of drug-likeness (QED) is 0.0411. The van der Waals surface area contributed by atoms with Gasteiger partial charge in [0.2, 0.25) is 17.7 Å². The van der Waals surface area contributed by atoms with Crippen LogP contribution in [0.4, 0.5) is 0 Å². The highest BCUT2D eigenvalue weighted by Crippen LogP contribution is 2.12. The van der Waals surface area contributed by atoms with Gasteiger partial charge in [-0.25, -0.2) is 4.79 Å². The van der Waals surface area contributed by atoms with Crippen LogP contribution in [-0.4, -0.2) is 94.2 Å². The Morgan fingerprint density at radius 1 is 0.721 bits per heavy atom. The highest BCUT2D eigenvalue weighted by molar-refractivity contribution is 5.94. The van der Waals surface area contributed by atoms with Gasteiger partial charge in [-0.15, -0.1) is 0 Å². The molecule has 0 heterocycles. The van der Waals surface area contributed by atoms with E-state index < -0.39 is 60.2 Å². The number of carboxylic acids is 2. The van der Waals surface area contributed by atoms with Crippen molar-refractivity contribution in [2.24, 2.45) is 38.7 Å². The molecule has 43 heavy (non-hydrogen) atoms. The molecular formula is C25H40N10O8. The van der Waals surface area contributed by atoms with Gasteiger partial charge in [-0.1, -0.05) is 12.1 Å². The number of nitrogens with zero attached hydrogens (tertiary/aromatic N) is 2. The number of phenolic OH excluding ortho intramolecular Hbond substituents is 1. The summed E-state index contributed by atoms with van der Waals surface area (Å²) in [7, 11) is 0. The monoisotopic (exact) mass is 608 g/mol. The van der Waals surface area contributed by atoms with Gasteiger partial charge in [0.1, 0.15) is 23.9 Å². The molecule has 16 N–H and O–H groups in total. The van der Waals surface area contributed by atoms with E-state index in [2.05, 4.69) is 25.9 Å². The van der Waals surface area contributed by atoms with Gasteiger partial charge in [0.25, 0.3) is 0 Å². The zero-order valence-electron chi connectivity index (χ0n) is 23.4. The Balaban J connectivity index is 3.16. The molecule has 4 unspecified atom stereocenters. The molecule has 0 aliphatic heterocycles. The number of aliphatic carboxylic acids is 2. The molecule has 1 aromatic carbocycles. The van der Waals surface area contributed by atoms with Crippen LogP contribution >= 0.6 is 0 Å². The molecule has 0 spiro atoms. The average molecular weight is 609 g/mol. The fourth-order valence-corrected chi connectivity index (χ4v) is 3.70. The number of benzene rings is 1. The molecule has 3 amide bonds. The number of nitrogens with two attached hydrogens (primary N) is 5. The number of carboxylic acid groups (broad SMARTS) is 2. The highest BCUT2D eigenvalue weighted by Gasteiger charge is 2.31. The maximum atomic E-state index is 13.4. The first-order valence-electron chi connectivity index (χ1n) is 13.2. The molecule has 18 nitrogen and oxygen atoms in total. The summed E-state index contributed by atoms with van der Waals surface area (Å²) in [6.45, 7) is 0.360. The molecule has 1 rings (SSSR count). The Kier molecular flexibility index (Phi) is 15.3. The number of aromatic hydroxyl groups is 1. The number of phenols is 1. The van der Waals surface area contributed by atoms with Gasteiger partial charge in [0.05, 0.1) is 12.5 Å². The van der Waals surface area contributed by atoms with Crippen LogP contribution < -0.4 is 44.6 Å². The van der Waals surface area contributed by atoms with E-state index in [4.69, 9.17) is 33.8 Å². The number of carbonyl (C=O) groups excluding carboxylic acids is 3. The summed E-state index contributed by atoms with van der Waals surface area (Å²) in [6.07, 6.45) is -0.244. The summed E-state index contributed by atoms with van der Waals surface area (Å²) >= 11 is 0. The van der Waals surface area contributed by atoms with Gasteiger partial charge < -0.3 is 59.9 Å². The van der Waals surface area contributed by atoms with Crippen LogP contribution in [0.3, 0.4) is 0 Å². The van der Waals surface area contributed by atoms with Crippen LogP contribution in [0.25, 0.3) is 0 Å². The van der Waals surface area contributed by atoms with Gasteiger partial charge >= 0.3 is 11.9 Å². The molecule has 0 aliphatic rings. The standard InChI is InChI=1S/C25H40N10O8/c26-15(3-1-9-31-24(27)28)20(39)33-16(4-2-10-32-25(29)30)21(40)34-17(11-13-5-7-14(36)8-6-13)22(41)35-18(23(42)43)12-19(37)38/h5-8,15-18,36H,1-4,9-12,26H2,(H,33,39)(H,34,40)(H,35,41)(H,37,38)(H,42,43)(H4,27,28,31)(H4,29,30,32). The SMILES string of the molecule is NC(N)=NCCCC(N)C(=O)NC(CCCN=C(N)N)C(=O)NC(Cc1ccc(O)cc1)C(=O)NC(CC(=O)O)C(=O)O. The number of hydrogen-bond acceptors (Lipinski definition) is 9. The van der Waals surface area contributed by atoms with E-state index in [9.17, 15) is 34.2 Å². The Bertz CT molecular complexity index is 1170. The molecule has 0 radical (unpaired) electrons. The number of hydrogen-bond donors (Lipinski definition) is 11. The fraction of sp³-hybridized carbons (Fsp3) is 0.480. The summed E-state index contributed by atoms with van der Waals surface area (Å²) < 4.78 is 0. The topological polar surface area (TPSA) is 337 Å². The van der Waals surface area contributed by atoms with E-state index in [1.165, 1.54) is 24.3 Å². The molecule has 0 saturated carbocycles. The molecule has 0 fully saturated rings. The van der Waals surface area contributed by atoms with Crippen LogP contribution in [0, 0.1) is 0 Å². The highest BCUT2D eigenvalue weighted by atomic mass is 16.4. The van der Waals surface area contributed by atoms with Crippen molar-refractivity contribution in [1.82, 2.24) is 16.0 Å².